The van der Waals surface area contributed by atoms with Crippen LogP contribution in [-0.2, 0) is 12.8 Å². The summed E-state index contributed by atoms with van der Waals surface area (Å²) in [7, 11) is 0. The molecule has 7 heteroatoms. The molecule has 1 aromatic carbocycles. The van der Waals surface area contributed by atoms with E-state index in [1.54, 1.807) is 0 Å². The van der Waals surface area contributed by atoms with E-state index in [1.165, 1.54) is 17.5 Å². The van der Waals surface area contributed by atoms with Crippen LogP contribution in [0, 0.1) is 22.5 Å². The minimum Gasteiger partial charge on any atom is -0.603 e. The molecule has 2 aliphatic heterocycles. The van der Waals surface area contributed by atoms with Crippen molar-refractivity contribution >= 4 is 17.3 Å². The molecule has 132 valence electrons. The Labute approximate surface area is 147 Å². The van der Waals surface area contributed by atoms with Crippen LogP contribution >= 0.6 is 0 Å². The highest BCUT2D eigenvalue weighted by Crippen LogP contribution is 2.30. The Kier molecular flexibility index (Phi) is 4.57. The molecular formula is C18H24N6O. The molecule has 25 heavy (non-hydrogen) atoms. The molecule has 0 amide bonds. The standard InChI is InChI=1S/C18H24N6O/c19-11-13-5-8-23(12-13)7-2-6-20-18-21-16-9-14-3-1-4-15(14)10-17(16)24(25)22-18/h9-10,13,24H,1-8,12H2,(H2,20,21,22). The first-order valence-electron chi connectivity index (χ1n) is 9.13. The number of likely N-dealkylation sites (tertiary alicyclic amines) is 1. The lowest BCUT2D eigenvalue weighted by Gasteiger charge is -2.31. The van der Waals surface area contributed by atoms with Crippen molar-refractivity contribution in [1.82, 2.24) is 10.3 Å². The molecule has 7 nitrogen and oxygen atoms in total. The number of guanidine groups is 1. The van der Waals surface area contributed by atoms with E-state index in [-0.39, 0.29) is 11.1 Å². The van der Waals surface area contributed by atoms with Gasteiger partial charge in [-0.3, -0.25) is 0 Å². The molecule has 1 fully saturated rings. The highest BCUT2D eigenvalue weighted by Gasteiger charge is 2.24. The molecule has 2 unspecified atom stereocenters. The predicted octanol–water partition coefficient (Wildman–Crippen LogP) is 0.711. The molecule has 2 heterocycles. The molecule has 3 N–H and O–H groups in total. The summed E-state index contributed by atoms with van der Waals surface area (Å²) in [5.41, 5.74) is 7.10. The summed E-state index contributed by atoms with van der Waals surface area (Å²) < 4.78 is 0. The fraction of sp³-hybridized carbons (Fsp3) is 0.556. The van der Waals surface area contributed by atoms with E-state index >= 15 is 0 Å². The van der Waals surface area contributed by atoms with Crippen molar-refractivity contribution in [1.29, 1.82) is 5.26 Å². The minimum absolute atomic E-state index is 0.0707. The molecule has 0 radical (unpaired) electrons. The molecule has 0 aromatic heterocycles. The number of anilines is 1. The Bertz CT molecular complexity index is 725. The SMILES string of the molecule is N#CC1CCN(CCCN=C2Nc3cc4c(cc3[NH+]([O-])N2)CCC4)C1. The summed E-state index contributed by atoms with van der Waals surface area (Å²) in [6.07, 6.45) is 5.24. The van der Waals surface area contributed by atoms with Gasteiger partial charge in [0.15, 0.2) is 5.69 Å². The van der Waals surface area contributed by atoms with E-state index in [2.05, 4.69) is 32.8 Å². The number of benzene rings is 1. The number of nitriles is 1. The molecule has 2 atom stereocenters. The molecular weight excluding hydrogens is 316 g/mol. The summed E-state index contributed by atoms with van der Waals surface area (Å²) in [6.45, 7) is 3.49. The monoisotopic (exact) mass is 340 g/mol. The number of nitrogens with zero attached hydrogens (tertiary/aromatic N) is 3. The second kappa shape index (κ2) is 7.00. The number of hydrogen-bond acceptors (Lipinski definition) is 4. The lowest BCUT2D eigenvalue weighted by Crippen LogP contribution is -3.11. The zero-order valence-corrected chi connectivity index (χ0v) is 14.3. The van der Waals surface area contributed by atoms with Gasteiger partial charge < -0.3 is 15.4 Å². The summed E-state index contributed by atoms with van der Waals surface area (Å²) in [5.74, 6) is 0.732. The van der Waals surface area contributed by atoms with Crippen molar-refractivity contribution < 1.29 is 5.17 Å². The number of aliphatic imine (C=N–C) groups is 1. The smallest absolute Gasteiger partial charge is 0.243 e. The normalized spacial score (nSPS) is 26.6. The molecule has 1 saturated heterocycles. The zero-order chi connectivity index (χ0) is 17.2. The van der Waals surface area contributed by atoms with Gasteiger partial charge in [-0.25, -0.2) is 10.2 Å². The lowest BCUT2D eigenvalue weighted by atomic mass is 10.1. The van der Waals surface area contributed by atoms with Gasteiger partial charge in [-0.15, -0.1) is 0 Å². The average Bonchev–Trinajstić information content (AvgIpc) is 3.26. The van der Waals surface area contributed by atoms with Gasteiger partial charge in [-0.2, -0.15) is 10.7 Å². The summed E-state index contributed by atoms with van der Waals surface area (Å²) in [5, 5.41) is 24.5. The highest BCUT2D eigenvalue weighted by atomic mass is 16.5. The summed E-state index contributed by atoms with van der Waals surface area (Å²) in [4.78, 5) is 6.83. The topological polar surface area (TPSA) is 91.0 Å². The van der Waals surface area contributed by atoms with E-state index in [0.717, 1.165) is 56.7 Å². The first-order valence-corrected chi connectivity index (χ1v) is 9.13. The van der Waals surface area contributed by atoms with Gasteiger partial charge in [0, 0.05) is 19.2 Å². The fourth-order valence-corrected chi connectivity index (χ4v) is 3.95. The largest absolute Gasteiger partial charge is 0.603 e. The third kappa shape index (κ3) is 3.47. The molecule has 3 aliphatic rings. The van der Waals surface area contributed by atoms with Gasteiger partial charge in [0.2, 0.25) is 5.96 Å². The van der Waals surface area contributed by atoms with Gasteiger partial charge >= 0.3 is 0 Å². The van der Waals surface area contributed by atoms with Crippen molar-refractivity contribution in [3.05, 3.63) is 28.5 Å². The van der Waals surface area contributed by atoms with Gasteiger partial charge in [0.05, 0.1) is 12.0 Å². The maximum atomic E-state index is 12.3. The Morgan fingerprint density at radius 2 is 2.20 bits per heavy atom. The molecule has 0 bridgehead atoms. The molecule has 1 aliphatic carbocycles. The van der Waals surface area contributed by atoms with Crippen LogP contribution in [0.15, 0.2) is 17.1 Å². The van der Waals surface area contributed by atoms with E-state index < -0.39 is 0 Å². The summed E-state index contributed by atoms with van der Waals surface area (Å²) in [6, 6.07) is 6.47. The van der Waals surface area contributed by atoms with Crippen LogP contribution in [0.4, 0.5) is 11.4 Å². The first kappa shape index (κ1) is 16.3. The second-order valence-electron chi connectivity index (χ2n) is 7.10. The molecule has 1 aromatic rings. The van der Waals surface area contributed by atoms with Crippen molar-refractivity contribution in [2.45, 2.75) is 32.1 Å². The Morgan fingerprint density at radius 3 is 3.00 bits per heavy atom. The minimum atomic E-state index is -0.0707. The van der Waals surface area contributed by atoms with Crippen molar-refractivity contribution in [3.8, 4) is 6.07 Å². The van der Waals surface area contributed by atoms with Gasteiger partial charge in [-0.05, 0) is 62.4 Å². The van der Waals surface area contributed by atoms with E-state index in [9.17, 15) is 5.21 Å². The lowest BCUT2D eigenvalue weighted by molar-refractivity contribution is -0.816. The number of quaternary nitrogens is 1. The quantitative estimate of drug-likeness (QED) is 0.555. The number of hydrogen-bond donors (Lipinski definition) is 3. The van der Waals surface area contributed by atoms with E-state index in [0.29, 0.717) is 12.5 Å². The first-order chi connectivity index (χ1) is 12.2. The number of rotatable bonds is 4. The summed E-state index contributed by atoms with van der Waals surface area (Å²) >= 11 is 0. The van der Waals surface area contributed by atoms with Gasteiger partial charge in [0.1, 0.15) is 5.69 Å². The maximum Gasteiger partial charge on any atom is 0.243 e. The third-order valence-electron chi connectivity index (χ3n) is 5.32. The Morgan fingerprint density at radius 1 is 1.36 bits per heavy atom. The van der Waals surface area contributed by atoms with Crippen LogP contribution in [0.3, 0.4) is 0 Å². The average molecular weight is 340 g/mol. The van der Waals surface area contributed by atoms with Gasteiger partial charge in [0.25, 0.3) is 0 Å². The van der Waals surface area contributed by atoms with Gasteiger partial charge in [-0.1, -0.05) is 0 Å². The molecule has 0 spiro atoms. The maximum absolute atomic E-state index is 12.3. The van der Waals surface area contributed by atoms with Crippen LogP contribution < -0.4 is 15.9 Å². The second-order valence-corrected chi connectivity index (χ2v) is 7.10. The van der Waals surface area contributed by atoms with Crippen LogP contribution in [-0.4, -0.2) is 37.0 Å². The number of fused-ring (bicyclic) bond motifs is 2. The fourth-order valence-electron chi connectivity index (χ4n) is 3.95. The van der Waals surface area contributed by atoms with Crippen LogP contribution in [0.25, 0.3) is 0 Å². The van der Waals surface area contributed by atoms with Crippen molar-refractivity contribution in [3.63, 3.8) is 0 Å². The van der Waals surface area contributed by atoms with E-state index in [4.69, 9.17) is 5.26 Å². The third-order valence-corrected chi connectivity index (χ3v) is 5.32. The highest BCUT2D eigenvalue weighted by molar-refractivity contribution is 5.96. The van der Waals surface area contributed by atoms with Crippen LogP contribution in [0.1, 0.15) is 30.4 Å². The van der Waals surface area contributed by atoms with Crippen LogP contribution in [0.5, 0.6) is 0 Å². The van der Waals surface area contributed by atoms with Crippen LogP contribution in [0.2, 0.25) is 0 Å². The molecule has 4 rings (SSSR count). The predicted molar refractivity (Wildman–Crippen MR) is 96.3 cm³/mol. The number of aryl methyl sites for hydroxylation is 2. The van der Waals surface area contributed by atoms with Crippen molar-refractivity contribution in [2.75, 3.05) is 31.5 Å². The van der Waals surface area contributed by atoms with E-state index in [1.807, 2.05) is 6.07 Å². The Balaban J connectivity index is 1.33. The number of nitrogens with one attached hydrogen (secondary N) is 3. The Hall–Kier alpha value is -2.14. The molecule has 0 saturated carbocycles. The zero-order valence-electron chi connectivity index (χ0n) is 14.3. The van der Waals surface area contributed by atoms with Crippen molar-refractivity contribution in [2.24, 2.45) is 10.9 Å².